The van der Waals surface area contributed by atoms with Crippen LogP contribution < -0.4 is 15.4 Å². The zero-order valence-electron chi connectivity index (χ0n) is 11.1. The third kappa shape index (κ3) is 2.78. The first kappa shape index (κ1) is 13.2. The molecule has 0 radical (unpaired) electrons. The Morgan fingerprint density at radius 1 is 1.42 bits per heavy atom. The second-order valence-electron chi connectivity index (χ2n) is 4.33. The summed E-state index contributed by atoms with van der Waals surface area (Å²) in [5.74, 6) is 0.763. The van der Waals surface area contributed by atoms with Gasteiger partial charge in [-0.25, -0.2) is 4.39 Å². The fourth-order valence-corrected chi connectivity index (χ4v) is 1.85. The van der Waals surface area contributed by atoms with E-state index >= 15 is 0 Å². The molecule has 0 atom stereocenters. The van der Waals surface area contributed by atoms with Crippen LogP contribution in [0.5, 0.6) is 5.75 Å². The molecule has 1 aromatic heterocycles. The van der Waals surface area contributed by atoms with E-state index in [1.54, 1.807) is 18.0 Å². The molecular formula is C13H16FN3O2. The van der Waals surface area contributed by atoms with Gasteiger partial charge in [-0.1, -0.05) is 5.16 Å². The fourth-order valence-electron chi connectivity index (χ4n) is 1.85. The maximum atomic E-state index is 13.9. The summed E-state index contributed by atoms with van der Waals surface area (Å²) in [4.78, 5) is 1.72. The number of benzene rings is 1. The Bertz CT molecular complexity index is 583. The molecule has 0 bridgehead atoms. The number of nitrogens with zero attached hydrogens (tertiary/aromatic N) is 2. The fraction of sp³-hybridized carbons (Fsp3) is 0.308. The van der Waals surface area contributed by atoms with Crippen molar-refractivity contribution in [1.29, 1.82) is 0 Å². The van der Waals surface area contributed by atoms with Crippen LogP contribution in [0.3, 0.4) is 0 Å². The minimum atomic E-state index is -0.402. The molecule has 102 valence electrons. The van der Waals surface area contributed by atoms with Gasteiger partial charge in [0.05, 0.1) is 25.0 Å². The molecule has 0 saturated carbocycles. The molecule has 0 aliphatic rings. The Labute approximate surface area is 110 Å². The molecule has 0 amide bonds. The average molecular weight is 265 g/mol. The zero-order chi connectivity index (χ0) is 14.0. The Hall–Kier alpha value is -2.24. The van der Waals surface area contributed by atoms with Crippen LogP contribution in [0.15, 0.2) is 22.7 Å². The first-order valence-corrected chi connectivity index (χ1v) is 5.77. The number of nitrogen functional groups attached to an aromatic ring is 1. The van der Waals surface area contributed by atoms with Gasteiger partial charge in [-0.15, -0.1) is 0 Å². The summed E-state index contributed by atoms with van der Waals surface area (Å²) in [5, 5.41) is 3.88. The van der Waals surface area contributed by atoms with Crippen LogP contribution in [0.4, 0.5) is 15.8 Å². The van der Waals surface area contributed by atoms with Crippen LogP contribution in [-0.4, -0.2) is 19.3 Å². The molecule has 0 unspecified atom stereocenters. The Kier molecular flexibility index (Phi) is 3.59. The number of aromatic nitrogens is 1. The maximum absolute atomic E-state index is 13.9. The number of methoxy groups -OCH3 is 1. The van der Waals surface area contributed by atoms with Crippen LogP contribution in [-0.2, 0) is 6.54 Å². The molecule has 1 heterocycles. The van der Waals surface area contributed by atoms with Crippen molar-refractivity contribution in [2.45, 2.75) is 13.5 Å². The highest BCUT2D eigenvalue weighted by molar-refractivity contribution is 5.63. The monoisotopic (exact) mass is 265 g/mol. The van der Waals surface area contributed by atoms with Gasteiger partial charge in [-0.2, -0.15) is 0 Å². The van der Waals surface area contributed by atoms with E-state index in [0.29, 0.717) is 18.0 Å². The van der Waals surface area contributed by atoms with Crippen molar-refractivity contribution in [3.8, 4) is 5.75 Å². The zero-order valence-corrected chi connectivity index (χ0v) is 11.1. The summed E-state index contributed by atoms with van der Waals surface area (Å²) in [6, 6.07) is 4.62. The van der Waals surface area contributed by atoms with E-state index in [0.717, 1.165) is 11.5 Å². The number of nitrogens with two attached hydrogens (primary N) is 1. The van der Waals surface area contributed by atoms with Crippen LogP contribution in [0, 0.1) is 12.7 Å². The van der Waals surface area contributed by atoms with Crippen molar-refractivity contribution in [3.63, 3.8) is 0 Å². The highest BCUT2D eigenvalue weighted by Gasteiger charge is 2.13. The molecule has 0 saturated heterocycles. The Morgan fingerprint density at radius 3 is 2.74 bits per heavy atom. The van der Waals surface area contributed by atoms with Gasteiger partial charge in [0.15, 0.2) is 0 Å². The summed E-state index contributed by atoms with van der Waals surface area (Å²) < 4.78 is 24.0. The van der Waals surface area contributed by atoms with Gasteiger partial charge in [0.1, 0.15) is 23.0 Å². The number of hydrogen-bond acceptors (Lipinski definition) is 5. The molecule has 0 aliphatic carbocycles. The lowest BCUT2D eigenvalue weighted by molar-refractivity contribution is 0.390. The normalized spacial score (nSPS) is 10.5. The number of aryl methyl sites for hydroxylation is 1. The van der Waals surface area contributed by atoms with Crippen LogP contribution in [0.25, 0.3) is 0 Å². The molecule has 2 N–H and O–H groups in total. The van der Waals surface area contributed by atoms with Gasteiger partial charge in [-0.05, 0) is 6.92 Å². The topological polar surface area (TPSA) is 64.5 Å². The van der Waals surface area contributed by atoms with Gasteiger partial charge >= 0.3 is 0 Å². The number of hydrogen-bond donors (Lipinski definition) is 1. The molecular weight excluding hydrogens is 249 g/mol. The van der Waals surface area contributed by atoms with Crippen LogP contribution >= 0.6 is 0 Å². The van der Waals surface area contributed by atoms with Gasteiger partial charge < -0.3 is 19.9 Å². The number of halogens is 1. The summed E-state index contributed by atoms with van der Waals surface area (Å²) in [5.41, 5.74) is 7.05. The van der Waals surface area contributed by atoms with Crippen LogP contribution in [0.1, 0.15) is 11.5 Å². The van der Waals surface area contributed by atoms with Crippen molar-refractivity contribution < 1.29 is 13.7 Å². The first-order valence-electron chi connectivity index (χ1n) is 5.77. The SMILES string of the molecule is COc1cc(N(C)Cc2cc(C)on2)c(F)cc1N. The molecule has 0 spiro atoms. The van der Waals surface area contributed by atoms with Crippen molar-refractivity contribution in [1.82, 2.24) is 5.16 Å². The van der Waals surface area contributed by atoms with Gasteiger partial charge in [0.2, 0.25) is 0 Å². The molecule has 1 aromatic carbocycles. The second-order valence-corrected chi connectivity index (χ2v) is 4.33. The minimum absolute atomic E-state index is 0.273. The Morgan fingerprint density at radius 2 is 2.16 bits per heavy atom. The molecule has 5 nitrogen and oxygen atoms in total. The maximum Gasteiger partial charge on any atom is 0.148 e. The lowest BCUT2D eigenvalue weighted by Crippen LogP contribution is -2.18. The quantitative estimate of drug-likeness (QED) is 0.860. The van der Waals surface area contributed by atoms with Gasteiger partial charge in [0, 0.05) is 25.2 Å². The summed E-state index contributed by atoms with van der Waals surface area (Å²) in [6.45, 7) is 2.24. The lowest BCUT2D eigenvalue weighted by Gasteiger charge is -2.20. The van der Waals surface area contributed by atoms with E-state index in [1.807, 2.05) is 13.0 Å². The van der Waals surface area contributed by atoms with E-state index in [9.17, 15) is 4.39 Å². The first-order chi connectivity index (χ1) is 9.01. The minimum Gasteiger partial charge on any atom is -0.495 e. The van der Waals surface area contributed by atoms with Gasteiger partial charge in [0.25, 0.3) is 0 Å². The molecule has 0 fully saturated rings. The highest BCUT2D eigenvalue weighted by Crippen LogP contribution is 2.30. The van der Waals surface area contributed by atoms with Crippen molar-refractivity contribution >= 4 is 11.4 Å². The van der Waals surface area contributed by atoms with Gasteiger partial charge in [-0.3, -0.25) is 0 Å². The predicted octanol–water partition coefficient (Wildman–Crippen LogP) is 2.35. The van der Waals surface area contributed by atoms with Crippen molar-refractivity contribution in [2.24, 2.45) is 0 Å². The second kappa shape index (κ2) is 5.17. The lowest BCUT2D eigenvalue weighted by atomic mass is 10.2. The predicted molar refractivity (Wildman–Crippen MR) is 70.7 cm³/mol. The molecule has 6 heteroatoms. The molecule has 19 heavy (non-hydrogen) atoms. The van der Waals surface area contributed by atoms with E-state index < -0.39 is 5.82 Å². The molecule has 0 aliphatic heterocycles. The number of anilines is 2. The van der Waals surface area contributed by atoms with E-state index in [-0.39, 0.29) is 5.69 Å². The summed E-state index contributed by atoms with van der Waals surface area (Å²) in [7, 11) is 3.26. The average Bonchev–Trinajstić information content (AvgIpc) is 2.74. The highest BCUT2D eigenvalue weighted by atomic mass is 19.1. The number of rotatable bonds is 4. The Balaban J connectivity index is 2.25. The largest absolute Gasteiger partial charge is 0.495 e. The third-order valence-corrected chi connectivity index (χ3v) is 2.79. The summed E-state index contributed by atoms with van der Waals surface area (Å²) in [6.07, 6.45) is 0. The van der Waals surface area contributed by atoms with Crippen molar-refractivity contribution in [2.75, 3.05) is 24.8 Å². The number of ether oxygens (including phenoxy) is 1. The molecule has 2 rings (SSSR count). The standard InChI is InChI=1S/C13H16FN3O2/c1-8-4-9(16-19-8)7-17(2)12-6-13(18-3)11(15)5-10(12)14/h4-6H,7,15H2,1-3H3. The van der Waals surface area contributed by atoms with E-state index in [2.05, 4.69) is 5.16 Å². The van der Waals surface area contributed by atoms with E-state index in [4.69, 9.17) is 15.0 Å². The van der Waals surface area contributed by atoms with E-state index in [1.165, 1.54) is 13.2 Å². The third-order valence-electron chi connectivity index (χ3n) is 2.79. The smallest absolute Gasteiger partial charge is 0.148 e. The van der Waals surface area contributed by atoms with Crippen LogP contribution in [0.2, 0.25) is 0 Å². The molecule has 2 aromatic rings. The van der Waals surface area contributed by atoms with Crippen molar-refractivity contribution in [3.05, 3.63) is 35.5 Å². The summed E-state index contributed by atoms with van der Waals surface area (Å²) >= 11 is 0.